The molecule has 2 aromatic carbocycles. The number of nitrogens with zero attached hydrogens (tertiary/aromatic N) is 1. The van der Waals surface area contributed by atoms with Crippen molar-refractivity contribution in [2.45, 2.75) is 75.9 Å². The fourth-order valence-electron chi connectivity index (χ4n) is 6.88. The van der Waals surface area contributed by atoms with Crippen LogP contribution in [0.5, 0.6) is 0 Å². The second-order valence-corrected chi connectivity index (χ2v) is 11.9. The fraction of sp³-hybridized carbons (Fsp3) is 0.562. The predicted molar refractivity (Wildman–Crippen MR) is 151 cm³/mol. The van der Waals surface area contributed by atoms with Crippen molar-refractivity contribution in [3.63, 3.8) is 0 Å². The van der Waals surface area contributed by atoms with E-state index in [4.69, 9.17) is 4.74 Å². The van der Waals surface area contributed by atoms with Gasteiger partial charge in [0.15, 0.2) is 0 Å². The molecule has 3 N–H and O–H groups in total. The lowest BCUT2D eigenvalue weighted by Gasteiger charge is -2.44. The third kappa shape index (κ3) is 7.00. The Morgan fingerprint density at radius 1 is 1.00 bits per heavy atom. The predicted octanol–water partition coefficient (Wildman–Crippen LogP) is 5.67. The van der Waals surface area contributed by atoms with Gasteiger partial charge in [-0.25, -0.2) is 4.79 Å². The van der Waals surface area contributed by atoms with E-state index in [9.17, 15) is 19.8 Å². The first-order valence-corrected chi connectivity index (χ1v) is 14.4. The van der Waals surface area contributed by atoms with E-state index in [0.29, 0.717) is 24.8 Å². The van der Waals surface area contributed by atoms with E-state index in [2.05, 4.69) is 10.2 Å². The minimum atomic E-state index is -0.985. The van der Waals surface area contributed by atoms with E-state index >= 15 is 0 Å². The van der Waals surface area contributed by atoms with Crippen molar-refractivity contribution >= 4 is 12.1 Å². The summed E-state index contributed by atoms with van der Waals surface area (Å²) in [5.41, 5.74) is 0.782. The number of rotatable bonds is 10. The fourth-order valence-corrected chi connectivity index (χ4v) is 6.88. The van der Waals surface area contributed by atoms with Crippen molar-refractivity contribution in [3.8, 4) is 0 Å². The lowest BCUT2D eigenvalue weighted by molar-refractivity contribution is -0.143. The molecule has 3 atom stereocenters. The van der Waals surface area contributed by atoms with Crippen molar-refractivity contribution < 1.29 is 24.5 Å². The van der Waals surface area contributed by atoms with Crippen molar-refractivity contribution in [3.05, 3.63) is 71.3 Å². The maximum atomic E-state index is 12.9. The first-order valence-electron chi connectivity index (χ1n) is 14.4. The SMILES string of the molecule is CN(C)CC1CCCCC1(O)c1cccc(C(C(=O)O)C2(CNC(=O)OCc3ccccc3)CCCCC2)c1. The topological polar surface area (TPSA) is 99.1 Å². The zero-order chi connectivity index (χ0) is 27.9. The maximum absolute atomic E-state index is 12.9. The number of hydrogen-bond donors (Lipinski definition) is 3. The van der Waals surface area contributed by atoms with Crippen molar-refractivity contribution in [2.24, 2.45) is 11.3 Å². The van der Waals surface area contributed by atoms with Gasteiger partial charge in [0.05, 0.1) is 11.5 Å². The molecule has 7 nitrogen and oxygen atoms in total. The van der Waals surface area contributed by atoms with Crippen LogP contribution in [0.2, 0.25) is 0 Å². The number of carboxylic acids is 1. The number of aliphatic carboxylic acids is 1. The Morgan fingerprint density at radius 2 is 1.72 bits per heavy atom. The average Bonchev–Trinajstić information content (AvgIpc) is 2.93. The van der Waals surface area contributed by atoms with Crippen LogP contribution in [-0.4, -0.2) is 54.4 Å². The molecular formula is C32H44N2O5. The van der Waals surface area contributed by atoms with Crippen LogP contribution in [0.4, 0.5) is 4.79 Å². The van der Waals surface area contributed by atoms with Crippen LogP contribution in [0.15, 0.2) is 54.6 Å². The third-order valence-electron chi connectivity index (χ3n) is 8.85. The monoisotopic (exact) mass is 536 g/mol. The molecule has 2 aromatic rings. The molecule has 2 saturated carbocycles. The van der Waals surface area contributed by atoms with Crippen LogP contribution < -0.4 is 5.32 Å². The highest BCUT2D eigenvalue weighted by atomic mass is 16.5. The number of carbonyl (C=O) groups excluding carboxylic acids is 1. The molecule has 0 radical (unpaired) electrons. The molecule has 1 amide bonds. The van der Waals surface area contributed by atoms with E-state index < -0.39 is 29.0 Å². The van der Waals surface area contributed by atoms with Crippen molar-refractivity contribution in [2.75, 3.05) is 27.2 Å². The zero-order valence-electron chi connectivity index (χ0n) is 23.4. The van der Waals surface area contributed by atoms with Gasteiger partial charge in [-0.3, -0.25) is 4.79 Å². The zero-order valence-corrected chi connectivity index (χ0v) is 23.4. The number of hydrogen-bond acceptors (Lipinski definition) is 5. The van der Waals surface area contributed by atoms with Gasteiger partial charge in [-0.1, -0.05) is 86.7 Å². The Kier molecular flexibility index (Phi) is 9.67. The van der Waals surface area contributed by atoms with E-state index in [-0.39, 0.29) is 19.1 Å². The highest BCUT2D eigenvalue weighted by Gasteiger charge is 2.46. The molecule has 39 heavy (non-hydrogen) atoms. The van der Waals surface area contributed by atoms with E-state index in [0.717, 1.165) is 56.2 Å². The number of carbonyl (C=O) groups is 2. The summed E-state index contributed by atoms with van der Waals surface area (Å²) in [5, 5.41) is 25.4. The number of carboxylic acid groups (broad SMARTS) is 1. The summed E-state index contributed by atoms with van der Waals surface area (Å²) in [5.74, 6) is -1.61. The van der Waals surface area contributed by atoms with Crippen molar-refractivity contribution in [1.29, 1.82) is 0 Å². The molecule has 0 bridgehead atoms. The number of amides is 1. The Balaban J connectivity index is 1.57. The molecule has 2 aliphatic rings. The summed E-state index contributed by atoms with van der Waals surface area (Å²) in [6, 6.07) is 17.1. The lowest BCUT2D eigenvalue weighted by Crippen LogP contribution is -2.46. The van der Waals surface area contributed by atoms with Crippen LogP contribution in [0.25, 0.3) is 0 Å². The van der Waals surface area contributed by atoms with Gasteiger partial charge in [0.1, 0.15) is 6.61 Å². The third-order valence-corrected chi connectivity index (χ3v) is 8.85. The Labute approximate surface area is 232 Å². The largest absolute Gasteiger partial charge is 0.481 e. The van der Waals surface area contributed by atoms with Crippen LogP contribution in [0.3, 0.4) is 0 Å². The summed E-state index contributed by atoms with van der Waals surface area (Å²) in [4.78, 5) is 27.7. The van der Waals surface area contributed by atoms with Crippen molar-refractivity contribution in [1.82, 2.24) is 10.2 Å². The number of nitrogens with one attached hydrogen (secondary N) is 1. The molecule has 0 spiro atoms. The normalized spacial score (nSPS) is 23.6. The summed E-state index contributed by atoms with van der Waals surface area (Å²) in [7, 11) is 4.05. The molecule has 0 heterocycles. The molecule has 0 aromatic heterocycles. The Bertz CT molecular complexity index is 1100. The molecule has 4 rings (SSSR count). The van der Waals surface area contributed by atoms with Crippen LogP contribution in [-0.2, 0) is 21.7 Å². The number of ether oxygens (including phenoxy) is 1. The number of aliphatic hydroxyl groups is 1. The van der Waals surface area contributed by atoms with Gasteiger partial charge >= 0.3 is 12.1 Å². The van der Waals surface area contributed by atoms with Gasteiger partial charge in [-0.05, 0) is 56.5 Å². The first-order chi connectivity index (χ1) is 18.7. The van der Waals surface area contributed by atoms with Gasteiger partial charge in [0.25, 0.3) is 0 Å². The molecule has 2 aliphatic carbocycles. The number of benzene rings is 2. The maximum Gasteiger partial charge on any atom is 0.407 e. The quantitative estimate of drug-likeness (QED) is 0.362. The molecule has 3 unspecified atom stereocenters. The van der Waals surface area contributed by atoms with E-state index in [1.54, 1.807) is 0 Å². The molecule has 0 saturated heterocycles. The van der Waals surface area contributed by atoms with Crippen LogP contribution in [0.1, 0.15) is 80.4 Å². The van der Waals surface area contributed by atoms with Gasteiger partial charge in [-0.2, -0.15) is 0 Å². The summed E-state index contributed by atoms with van der Waals surface area (Å²) in [6.45, 7) is 1.17. The van der Waals surface area contributed by atoms with Crippen LogP contribution >= 0.6 is 0 Å². The van der Waals surface area contributed by atoms with Gasteiger partial charge in [0, 0.05) is 24.4 Å². The highest BCUT2D eigenvalue weighted by Crippen LogP contribution is 2.49. The molecule has 0 aliphatic heterocycles. The standard InChI is InChI=1S/C32H44N2O5/c1-34(2)21-27-15-7-10-19-32(27,38)26-16-11-14-25(20-26)28(29(35)36)31(17-8-4-9-18-31)23-33-30(37)39-22-24-12-5-3-6-13-24/h3,5-6,11-14,16,20,27-28,38H,4,7-10,15,17-19,21-23H2,1-2H3,(H,33,37)(H,35,36). The minimum absolute atomic E-state index is 0.0875. The molecule has 2 fully saturated rings. The summed E-state index contributed by atoms with van der Waals surface area (Å²) in [6.07, 6.45) is 7.43. The smallest absolute Gasteiger partial charge is 0.407 e. The first kappa shape index (κ1) is 29.1. The summed E-state index contributed by atoms with van der Waals surface area (Å²) < 4.78 is 5.43. The lowest BCUT2D eigenvalue weighted by atomic mass is 9.63. The average molecular weight is 537 g/mol. The van der Waals surface area contributed by atoms with Gasteiger partial charge in [0.2, 0.25) is 0 Å². The van der Waals surface area contributed by atoms with E-state index in [1.807, 2.05) is 68.7 Å². The molecule has 212 valence electrons. The summed E-state index contributed by atoms with van der Waals surface area (Å²) >= 11 is 0. The van der Waals surface area contributed by atoms with Crippen LogP contribution in [0, 0.1) is 11.3 Å². The number of alkyl carbamates (subject to hydrolysis) is 1. The molecular weight excluding hydrogens is 492 g/mol. The van der Waals surface area contributed by atoms with Gasteiger partial charge in [-0.15, -0.1) is 0 Å². The highest BCUT2D eigenvalue weighted by molar-refractivity contribution is 5.78. The van der Waals surface area contributed by atoms with Gasteiger partial charge < -0.3 is 25.2 Å². The second kappa shape index (κ2) is 13.0. The minimum Gasteiger partial charge on any atom is -0.481 e. The Hall–Kier alpha value is -2.90. The Morgan fingerprint density at radius 3 is 2.41 bits per heavy atom. The van der Waals surface area contributed by atoms with E-state index in [1.165, 1.54) is 0 Å². The second-order valence-electron chi connectivity index (χ2n) is 11.9. The molecule has 7 heteroatoms.